The van der Waals surface area contributed by atoms with Crippen molar-refractivity contribution in [3.63, 3.8) is 0 Å². The number of carbonyl (C=O) groups excluding carboxylic acids is 1. The maximum absolute atomic E-state index is 12.9. The quantitative estimate of drug-likeness (QED) is 0.893. The zero-order valence-corrected chi connectivity index (χ0v) is 16.3. The minimum atomic E-state index is -0.274. The molecule has 144 valence electrons. The number of nitrogens with one attached hydrogen (secondary N) is 1. The van der Waals surface area contributed by atoms with Crippen LogP contribution in [0.5, 0.6) is 0 Å². The van der Waals surface area contributed by atoms with E-state index in [2.05, 4.69) is 35.9 Å². The Morgan fingerprint density at radius 3 is 2.11 bits per heavy atom. The molecule has 3 rings (SSSR count). The topological polar surface area (TPSA) is 35.6 Å². The van der Waals surface area contributed by atoms with Gasteiger partial charge in [-0.3, -0.25) is 9.69 Å². The van der Waals surface area contributed by atoms with E-state index in [1.54, 1.807) is 12.1 Å². The van der Waals surface area contributed by atoms with Gasteiger partial charge >= 0.3 is 0 Å². The summed E-state index contributed by atoms with van der Waals surface area (Å²) >= 11 is 0. The van der Waals surface area contributed by atoms with E-state index in [4.69, 9.17) is 0 Å². The summed E-state index contributed by atoms with van der Waals surface area (Å²) in [5, 5.41) is 2.87. The highest BCUT2D eigenvalue weighted by Gasteiger charge is 2.25. The third-order valence-corrected chi connectivity index (χ3v) is 5.09. The number of rotatable bonds is 4. The smallest absolute Gasteiger partial charge is 0.251 e. The molecule has 2 aromatic rings. The molecular weight excluding hydrogens is 341 g/mol. The first-order valence-corrected chi connectivity index (χ1v) is 9.46. The van der Waals surface area contributed by atoms with Crippen molar-refractivity contribution in [2.45, 2.75) is 32.9 Å². The first kappa shape index (κ1) is 19.4. The molecule has 0 spiro atoms. The summed E-state index contributed by atoms with van der Waals surface area (Å²) in [7, 11) is 0. The Labute approximate surface area is 161 Å². The van der Waals surface area contributed by atoms with Crippen LogP contribution >= 0.6 is 0 Å². The maximum Gasteiger partial charge on any atom is 0.251 e. The molecule has 0 aliphatic carbocycles. The molecule has 1 heterocycles. The fraction of sp³-hybridized carbons (Fsp3) is 0.409. The Morgan fingerprint density at radius 1 is 0.963 bits per heavy atom. The van der Waals surface area contributed by atoms with Gasteiger partial charge in [0.2, 0.25) is 0 Å². The first-order chi connectivity index (χ1) is 12.8. The molecule has 4 nitrogen and oxygen atoms in total. The van der Waals surface area contributed by atoms with Gasteiger partial charge in [-0.25, -0.2) is 4.39 Å². The lowest BCUT2D eigenvalue weighted by Gasteiger charge is -2.43. The van der Waals surface area contributed by atoms with Crippen molar-refractivity contribution in [2.24, 2.45) is 0 Å². The summed E-state index contributed by atoms with van der Waals surface area (Å²) in [6.07, 6.45) is 0. The van der Waals surface area contributed by atoms with E-state index in [0.29, 0.717) is 12.1 Å². The predicted molar refractivity (Wildman–Crippen MR) is 108 cm³/mol. The van der Waals surface area contributed by atoms with Gasteiger partial charge in [-0.2, -0.15) is 0 Å². The molecule has 0 radical (unpaired) electrons. The summed E-state index contributed by atoms with van der Waals surface area (Å²) in [4.78, 5) is 17.2. The van der Waals surface area contributed by atoms with Gasteiger partial charge in [-0.05, 0) is 62.7 Å². The van der Waals surface area contributed by atoms with Crippen molar-refractivity contribution in [1.29, 1.82) is 0 Å². The summed E-state index contributed by atoms with van der Waals surface area (Å²) < 4.78 is 12.9. The number of benzene rings is 2. The van der Waals surface area contributed by atoms with Gasteiger partial charge in [0, 0.05) is 49.5 Å². The van der Waals surface area contributed by atoms with E-state index in [0.717, 1.165) is 37.4 Å². The fourth-order valence-electron chi connectivity index (χ4n) is 3.35. The molecule has 1 aliphatic rings. The van der Waals surface area contributed by atoms with E-state index >= 15 is 0 Å². The molecule has 1 saturated heterocycles. The summed E-state index contributed by atoms with van der Waals surface area (Å²) in [5.41, 5.74) is 2.87. The molecule has 1 fully saturated rings. The van der Waals surface area contributed by atoms with E-state index in [9.17, 15) is 9.18 Å². The summed E-state index contributed by atoms with van der Waals surface area (Å²) in [5.74, 6) is -0.396. The van der Waals surface area contributed by atoms with Gasteiger partial charge < -0.3 is 10.2 Å². The van der Waals surface area contributed by atoms with Gasteiger partial charge in [-0.1, -0.05) is 12.1 Å². The minimum absolute atomic E-state index is 0.122. The number of piperazine rings is 1. The van der Waals surface area contributed by atoms with Gasteiger partial charge in [0.15, 0.2) is 0 Å². The van der Waals surface area contributed by atoms with Crippen molar-refractivity contribution < 1.29 is 9.18 Å². The molecule has 0 atom stereocenters. The largest absolute Gasteiger partial charge is 0.369 e. The third-order valence-electron chi connectivity index (χ3n) is 5.09. The molecule has 1 aliphatic heterocycles. The standard InChI is InChI=1S/C22H28FN3O/c1-22(2,3)26-14-12-25(13-15-26)20-10-6-18(7-11-20)21(27)24-16-17-4-8-19(23)9-5-17/h4-11H,12-16H2,1-3H3,(H,24,27). The lowest BCUT2D eigenvalue weighted by Crippen LogP contribution is -2.53. The van der Waals surface area contributed by atoms with E-state index < -0.39 is 0 Å². The Kier molecular flexibility index (Phi) is 5.80. The molecular formula is C22H28FN3O. The number of hydrogen-bond acceptors (Lipinski definition) is 3. The monoisotopic (exact) mass is 369 g/mol. The number of anilines is 1. The molecule has 0 bridgehead atoms. The van der Waals surface area contributed by atoms with Crippen LogP contribution in [0.25, 0.3) is 0 Å². The molecule has 1 amide bonds. The number of halogens is 1. The van der Waals surface area contributed by atoms with E-state index in [-0.39, 0.29) is 17.3 Å². The maximum atomic E-state index is 12.9. The highest BCUT2D eigenvalue weighted by molar-refractivity contribution is 5.94. The van der Waals surface area contributed by atoms with Gasteiger partial charge in [0.25, 0.3) is 5.91 Å². The van der Waals surface area contributed by atoms with Crippen LogP contribution < -0.4 is 10.2 Å². The Hall–Kier alpha value is -2.40. The van der Waals surface area contributed by atoms with Crippen molar-refractivity contribution in [2.75, 3.05) is 31.1 Å². The Balaban J connectivity index is 1.54. The van der Waals surface area contributed by atoms with Crippen molar-refractivity contribution in [3.8, 4) is 0 Å². The fourth-order valence-corrected chi connectivity index (χ4v) is 3.35. The van der Waals surface area contributed by atoms with Crippen LogP contribution in [-0.2, 0) is 6.54 Å². The van der Waals surface area contributed by atoms with Crippen LogP contribution in [-0.4, -0.2) is 42.5 Å². The van der Waals surface area contributed by atoms with Gasteiger partial charge in [-0.15, -0.1) is 0 Å². The van der Waals surface area contributed by atoms with Crippen LogP contribution in [0, 0.1) is 5.82 Å². The second-order valence-corrected chi connectivity index (χ2v) is 8.00. The first-order valence-electron chi connectivity index (χ1n) is 9.46. The number of carbonyl (C=O) groups is 1. The normalized spacial score (nSPS) is 15.6. The zero-order valence-electron chi connectivity index (χ0n) is 16.3. The second kappa shape index (κ2) is 8.09. The van der Waals surface area contributed by atoms with Crippen LogP contribution in [0.15, 0.2) is 48.5 Å². The Bertz CT molecular complexity index is 758. The molecule has 0 saturated carbocycles. The third kappa shape index (κ3) is 5.07. The minimum Gasteiger partial charge on any atom is -0.369 e. The summed E-state index contributed by atoms with van der Waals surface area (Å²) in [6, 6.07) is 13.9. The molecule has 0 aromatic heterocycles. The van der Waals surface area contributed by atoms with E-state index in [1.807, 2.05) is 24.3 Å². The zero-order chi connectivity index (χ0) is 19.4. The molecule has 1 N–H and O–H groups in total. The van der Waals surface area contributed by atoms with Crippen LogP contribution in [0.3, 0.4) is 0 Å². The highest BCUT2D eigenvalue weighted by Crippen LogP contribution is 2.21. The number of hydrogen-bond donors (Lipinski definition) is 1. The lowest BCUT2D eigenvalue weighted by molar-refractivity contribution is 0.0951. The molecule has 27 heavy (non-hydrogen) atoms. The van der Waals surface area contributed by atoms with E-state index in [1.165, 1.54) is 12.1 Å². The second-order valence-electron chi connectivity index (χ2n) is 8.00. The van der Waals surface area contributed by atoms with Crippen LogP contribution in [0.4, 0.5) is 10.1 Å². The van der Waals surface area contributed by atoms with Crippen molar-refractivity contribution in [1.82, 2.24) is 10.2 Å². The van der Waals surface area contributed by atoms with Crippen molar-refractivity contribution >= 4 is 11.6 Å². The SMILES string of the molecule is CC(C)(C)N1CCN(c2ccc(C(=O)NCc3ccc(F)cc3)cc2)CC1. The number of nitrogens with zero attached hydrogens (tertiary/aromatic N) is 2. The van der Waals surface area contributed by atoms with Crippen molar-refractivity contribution in [3.05, 3.63) is 65.5 Å². The average molecular weight is 369 g/mol. The van der Waals surface area contributed by atoms with Crippen LogP contribution in [0.1, 0.15) is 36.7 Å². The number of amides is 1. The van der Waals surface area contributed by atoms with Crippen LogP contribution in [0.2, 0.25) is 0 Å². The molecule has 0 unspecified atom stereocenters. The predicted octanol–water partition coefficient (Wildman–Crippen LogP) is 3.68. The highest BCUT2D eigenvalue weighted by atomic mass is 19.1. The van der Waals surface area contributed by atoms with Gasteiger partial charge in [0.1, 0.15) is 5.82 Å². The van der Waals surface area contributed by atoms with Gasteiger partial charge in [0.05, 0.1) is 0 Å². The average Bonchev–Trinajstić information content (AvgIpc) is 2.67. The Morgan fingerprint density at radius 2 is 1.56 bits per heavy atom. The molecule has 2 aromatic carbocycles. The lowest BCUT2D eigenvalue weighted by atomic mass is 10.0. The molecule has 5 heteroatoms. The summed E-state index contributed by atoms with van der Waals surface area (Å²) in [6.45, 7) is 11.2.